The van der Waals surface area contributed by atoms with E-state index in [1.807, 2.05) is 32.2 Å². The van der Waals surface area contributed by atoms with Crippen molar-refractivity contribution >= 4 is 5.97 Å². The van der Waals surface area contributed by atoms with Crippen LogP contribution >= 0.6 is 0 Å². The molecular weight excluding hydrogens is 244 g/mol. The molecule has 19 heavy (non-hydrogen) atoms. The number of aryl methyl sites for hydroxylation is 1. The fraction of sp³-hybridized carbons (Fsp3) is 0.286. The molecule has 0 aliphatic carbocycles. The van der Waals surface area contributed by atoms with E-state index in [0.29, 0.717) is 13.1 Å². The van der Waals surface area contributed by atoms with Gasteiger partial charge in [-0.3, -0.25) is 4.90 Å². The first-order valence-corrected chi connectivity index (χ1v) is 5.96. The molecule has 0 atom stereocenters. The fourth-order valence-electron chi connectivity index (χ4n) is 1.89. The summed E-state index contributed by atoms with van der Waals surface area (Å²) in [6.45, 7) is 3.23. The molecule has 0 fully saturated rings. The van der Waals surface area contributed by atoms with Crippen molar-refractivity contribution in [1.82, 2.24) is 9.88 Å². The molecule has 2 rings (SSSR count). The first-order valence-electron chi connectivity index (χ1n) is 5.96. The van der Waals surface area contributed by atoms with Crippen molar-refractivity contribution in [3.05, 3.63) is 53.2 Å². The van der Waals surface area contributed by atoms with Crippen LogP contribution < -0.4 is 0 Å². The van der Waals surface area contributed by atoms with Gasteiger partial charge in [-0.2, -0.15) is 0 Å². The highest BCUT2D eigenvalue weighted by Gasteiger charge is 2.08. The standard InChI is InChI=1S/C14H16N2O3/c1-10-3-4-12(19-10)9-16(2)8-11-5-6-15-13(7-11)14(17)18/h3-7H,8-9H2,1-2H3,(H,17,18). The zero-order chi connectivity index (χ0) is 13.8. The molecule has 2 aromatic heterocycles. The van der Waals surface area contributed by atoms with Crippen LogP contribution in [0.1, 0.15) is 27.6 Å². The third-order valence-corrected chi connectivity index (χ3v) is 2.72. The van der Waals surface area contributed by atoms with Crippen molar-refractivity contribution in [3.8, 4) is 0 Å². The number of aromatic nitrogens is 1. The average Bonchev–Trinajstić information content (AvgIpc) is 2.74. The number of carbonyl (C=O) groups is 1. The minimum absolute atomic E-state index is 0.0692. The summed E-state index contributed by atoms with van der Waals surface area (Å²) in [4.78, 5) is 16.7. The van der Waals surface area contributed by atoms with Crippen LogP contribution in [0.2, 0.25) is 0 Å². The molecular formula is C14H16N2O3. The zero-order valence-electron chi connectivity index (χ0n) is 11.0. The summed E-state index contributed by atoms with van der Waals surface area (Å²) >= 11 is 0. The molecule has 100 valence electrons. The number of carboxylic acid groups (broad SMARTS) is 1. The Morgan fingerprint density at radius 1 is 1.37 bits per heavy atom. The quantitative estimate of drug-likeness (QED) is 0.893. The minimum Gasteiger partial charge on any atom is -0.477 e. The Kier molecular flexibility index (Phi) is 3.97. The van der Waals surface area contributed by atoms with E-state index >= 15 is 0 Å². The number of hydrogen-bond donors (Lipinski definition) is 1. The van der Waals surface area contributed by atoms with Gasteiger partial charge in [-0.15, -0.1) is 0 Å². The number of furan rings is 1. The van der Waals surface area contributed by atoms with Crippen LogP contribution in [0.5, 0.6) is 0 Å². The third-order valence-electron chi connectivity index (χ3n) is 2.72. The van der Waals surface area contributed by atoms with Crippen LogP contribution in [0.25, 0.3) is 0 Å². The largest absolute Gasteiger partial charge is 0.477 e. The van der Waals surface area contributed by atoms with Crippen molar-refractivity contribution in [3.63, 3.8) is 0 Å². The maximum Gasteiger partial charge on any atom is 0.354 e. The van der Waals surface area contributed by atoms with E-state index < -0.39 is 5.97 Å². The summed E-state index contributed by atoms with van der Waals surface area (Å²) in [6, 6.07) is 7.28. The van der Waals surface area contributed by atoms with Crippen molar-refractivity contribution in [2.24, 2.45) is 0 Å². The van der Waals surface area contributed by atoms with E-state index in [1.54, 1.807) is 6.07 Å². The highest BCUT2D eigenvalue weighted by Crippen LogP contribution is 2.11. The van der Waals surface area contributed by atoms with Crippen molar-refractivity contribution in [1.29, 1.82) is 0 Å². The van der Waals surface area contributed by atoms with Gasteiger partial charge in [-0.05, 0) is 43.8 Å². The van der Waals surface area contributed by atoms with Gasteiger partial charge in [0.25, 0.3) is 0 Å². The predicted octanol–water partition coefficient (Wildman–Crippen LogP) is 2.31. The molecule has 0 spiro atoms. The number of carboxylic acids is 1. The molecule has 0 aliphatic heterocycles. The smallest absolute Gasteiger partial charge is 0.354 e. The summed E-state index contributed by atoms with van der Waals surface area (Å²) in [5.41, 5.74) is 0.984. The molecule has 0 radical (unpaired) electrons. The van der Waals surface area contributed by atoms with Crippen LogP contribution in [0, 0.1) is 6.92 Å². The maximum absolute atomic E-state index is 10.8. The number of pyridine rings is 1. The van der Waals surface area contributed by atoms with E-state index in [-0.39, 0.29) is 5.69 Å². The summed E-state index contributed by atoms with van der Waals surface area (Å²) in [7, 11) is 1.96. The normalized spacial score (nSPS) is 10.9. The van der Waals surface area contributed by atoms with Gasteiger partial charge in [0.1, 0.15) is 17.2 Å². The Morgan fingerprint density at radius 2 is 2.16 bits per heavy atom. The lowest BCUT2D eigenvalue weighted by Crippen LogP contribution is -2.17. The van der Waals surface area contributed by atoms with Crippen molar-refractivity contribution in [2.75, 3.05) is 7.05 Å². The lowest BCUT2D eigenvalue weighted by molar-refractivity contribution is 0.0690. The Labute approximate surface area is 111 Å². The van der Waals surface area contributed by atoms with Gasteiger partial charge in [0.05, 0.1) is 6.54 Å². The van der Waals surface area contributed by atoms with Gasteiger partial charge >= 0.3 is 5.97 Å². The zero-order valence-corrected chi connectivity index (χ0v) is 11.0. The number of aromatic carboxylic acids is 1. The molecule has 1 N–H and O–H groups in total. The van der Waals surface area contributed by atoms with Gasteiger partial charge in [0, 0.05) is 12.7 Å². The first kappa shape index (κ1) is 13.3. The topological polar surface area (TPSA) is 66.6 Å². The summed E-state index contributed by atoms with van der Waals surface area (Å²) in [6.07, 6.45) is 1.52. The number of rotatable bonds is 5. The van der Waals surface area contributed by atoms with E-state index in [4.69, 9.17) is 9.52 Å². The SMILES string of the molecule is Cc1ccc(CN(C)Cc2ccnc(C(=O)O)c2)o1. The molecule has 0 aromatic carbocycles. The molecule has 0 bridgehead atoms. The van der Waals surface area contributed by atoms with Crippen LogP contribution in [0.3, 0.4) is 0 Å². The predicted molar refractivity (Wildman–Crippen MR) is 69.8 cm³/mol. The maximum atomic E-state index is 10.8. The van der Waals surface area contributed by atoms with Crippen LogP contribution in [-0.4, -0.2) is 28.0 Å². The minimum atomic E-state index is -1.01. The molecule has 0 saturated heterocycles. The first-order chi connectivity index (χ1) is 9.04. The Morgan fingerprint density at radius 3 is 2.79 bits per heavy atom. The second-order valence-electron chi connectivity index (χ2n) is 4.54. The van der Waals surface area contributed by atoms with Gasteiger partial charge in [0.2, 0.25) is 0 Å². The fourth-order valence-corrected chi connectivity index (χ4v) is 1.89. The van der Waals surface area contributed by atoms with E-state index in [0.717, 1.165) is 17.1 Å². The van der Waals surface area contributed by atoms with E-state index in [9.17, 15) is 4.79 Å². The van der Waals surface area contributed by atoms with Crippen LogP contribution in [-0.2, 0) is 13.1 Å². The summed E-state index contributed by atoms with van der Waals surface area (Å²) in [5, 5.41) is 8.89. The van der Waals surface area contributed by atoms with E-state index in [1.165, 1.54) is 6.20 Å². The summed E-state index contributed by atoms with van der Waals surface area (Å²) in [5.74, 6) is 0.777. The van der Waals surface area contributed by atoms with Gasteiger partial charge < -0.3 is 9.52 Å². The lowest BCUT2D eigenvalue weighted by atomic mass is 10.2. The number of hydrogen-bond acceptors (Lipinski definition) is 4. The Hall–Kier alpha value is -2.14. The molecule has 2 heterocycles. The second kappa shape index (κ2) is 5.67. The third kappa shape index (κ3) is 3.66. The highest BCUT2D eigenvalue weighted by molar-refractivity contribution is 5.85. The lowest BCUT2D eigenvalue weighted by Gasteiger charge is -2.15. The van der Waals surface area contributed by atoms with Gasteiger partial charge in [-0.1, -0.05) is 0 Å². The second-order valence-corrected chi connectivity index (χ2v) is 4.54. The monoisotopic (exact) mass is 260 g/mol. The Balaban J connectivity index is 2.00. The Bertz CT molecular complexity index is 578. The van der Waals surface area contributed by atoms with Crippen molar-refractivity contribution in [2.45, 2.75) is 20.0 Å². The molecule has 2 aromatic rings. The van der Waals surface area contributed by atoms with Crippen LogP contribution in [0.15, 0.2) is 34.9 Å². The molecule has 0 amide bonds. The number of nitrogens with zero attached hydrogens (tertiary/aromatic N) is 2. The molecule has 0 unspecified atom stereocenters. The molecule has 0 aliphatic rings. The van der Waals surface area contributed by atoms with Crippen molar-refractivity contribution < 1.29 is 14.3 Å². The van der Waals surface area contributed by atoms with Gasteiger partial charge in [0.15, 0.2) is 0 Å². The summed E-state index contributed by atoms with van der Waals surface area (Å²) < 4.78 is 5.51. The van der Waals surface area contributed by atoms with Gasteiger partial charge in [-0.25, -0.2) is 9.78 Å². The average molecular weight is 260 g/mol. The molecule has 5 heteroatoms. The highest BCUT2D eigenvalue weighted by atomic mass is 16.4. The molecule has 0 saturated carbocycles. The van der Waals surface area contributed by atoms with Crippen LogP contribution in [0.4, 0.5) is 0 Å². The molecule has 5 nitrogen and oxygen atoms in total. The van der Waals surface area contributed by atoms with E-state index in [2.05, 4.69) is 9.88 Å².